The van der Waals surface area contributed by atoms with Crippen molar-refractivity contribution in [1.29, 1.82) is 0 Å². The van der Waals surface area contributed by atoms with Gasteiger partial charge in [0.15, 0.2) is 0 Å². The summed E-state index contributed by atoms with van der Waals surface area (Å²) in [5.41, 5.74) is 7.51. The van der Waals surface area contributed by atoms with E-state index in [1.54, 1.807) is 0 Å². The molecule has 0 saturated heterocycles. The minimum Gasteiger partial charge on any atom is -0.473 e. The van der Waals surface area contributed by atoms with Crippen LogP contribution in [0.4, 0.5) is 5.69 Å². The molecule has 0 aromatic carbocycles. The Morgan fingerprint density at radius 2 is 2.12 bits per heavy atom. The van der Waals surface area contributed by atoms with E-state index in [1.807, 2.05) is 19.1 Å². The van der Waals surface area contributed by atoms with Crippen LogP contribution in [0.25, 0.3) is 0 Å². The summed E-state index contributed by atoms with van der Waals surface area (Å²) >= 11 is 0. The van der Waals surface area contributed by atoms with E-state index in [0.717, 1.165) is 12.1 Å². The minimum absolute atomic E-state index is 0.297. The van der Waals surface area contributed by atoms with Crippen molar-refractivity contribution < 1.29 is 4.74 Å². The lowest BCUT2D eigenvalue weighted by Crippen LogP contribution is -2.30. The average molecular weight is 234 g/mol. The first-order chi connectivity index (χ1) is 8.20. The molecule has 17 heavy (non-hydrogen) atoms. The molecule has 1 aromatic rings. The summed E-state index contributed by atoms with van der Waals surface area (Å²) < 4.78 is 6.03. The molecule has 2 rings (SSSR count). The van der Waals surface area contributed by atoms with Crippen molar-refractivity contribution in [2.24, 2.45) is 5.92 Å². The Hall–Kier alpha value is -1.25. The molecule has 2 unspecified atom stereocenters. The quantitative estimate of drug-likeness (QED) is 0.872. The molecular weight excluding hydrogens is 212 g/mol. The van der Waals surface area contributed by atoms with E-state index in [1.165, 1.54) is 25.7 Å². The van der Waals surface area contributed by atoms with Gasteiger partial charge in [-0.3, -0.25) is 0 Å². The number of ether oxygens (including phenoxy) is 1. The maximum atomic E-state index is 6.03. The van der Waals surface area contributed by atoms with Crippen LogP contribution in [-0.4, -0.2) is 11.1 Å². The standard InChI is InChI=1S/C14H22N2O/c1-3-11-6-4-5-7-13(11)17-14-12(15)9-8-10(2)16-14/h8-9,11,13H,3-7,15H2,1-2H3. The van der Waals surface area contributed by atoms with Gasteiger partial charge in [0.25, 0.3) is 0 Å². The van der Waals surface area contributed by atoms with Gasteiger partial charge in [0.05, 0.1) is 5.69 Å². The molecule has 0 bridgehead atoms. The fraction of sp³-hybridized carbons (Fsp3) is 0.643. The van der Waals surface area contributed by atoms with Gasteiger partial charge in [0, 0.05) is 5.69 Å². The maximum Gasteiger partial charge on any atom is 0.237 e. The van der Waals surface area contributed by atoms with Crippen LogP contribution in [0.1, 0.15) is 44.7 Å². The number of nitrogens with two attached hydrogens (primary N) is 1. The average Bonchev–Trinajstić information content (AvgIpc) is 2.34. The van der Waals surface area contributed by atoms with Crippen LogP contribution in [-0.2, 0) is 0 Å². The van der Waals surface area contributed by atoms with Gasteiger partial charge in [-0.2, -0.15) is 0 Å². The molecule has 0 aliphatic heterocycles. The predicted molar refractivity (Wildman–Crippen MR) is 70.1 cm³/mol. The molecule has 0 spiro atoms. The van der Waals surface area contributed by atoms with Crippen LogP contribution >= 0.6 is 0 Å². The van der Waals surface area contributed by atoms with E-state index in [2.05, 4.69) is 11.9 Å². The summed E-state index contributed by atoms with van der Waals surface area (Å²) in [6, 6.07) is 3.79. The van der Waals surface area contributed by atoms with E-state index >= 15 is 0 Å². The van der Waals surface area contributed by atoms with E-state index in [0.29, 0.717) is 23.6 Å². The molecule has 1 aliphatic rings. The first kappa shape index (κ1) is 12.2. The normalized spacial score (nSPS) is 24.6. The van der Waals surface area contributed by atoms with Gasteiger partial charge in [-0.1, -0.05) is 13.3 Å². The summed E-state index contributed by atoms with van der Waals surface area (Å²) in [6.07, 6.45) is 6.46. The molecular formula is C14H22N2O. The number of hydrogen-bond acceptors (Lipinski definition) is 3. The van der Waals surface area contributed by atoms with Crippen molar-refractivity contribution in [3.05, 3.63) is 17.8 Å². The van der Waals surface area contributed by atoms with Crippen LogP contribution in [0.5, 0.6) is 5.88 Å². The first-order valence-electron chi connectivity index (χ1n) is 6.60. The lowest BCUT2D eigenvalue weighted by Gasteiger charge is -2.31. The fourth-order valence-corrected chi connectivity index (χ4v) is 2.58. The van der Waals surface area contributed by atoms with E-state index in [4.69, 9.17) is 10.5 Å². The number of anilines is 1. The smallest absolute Gasteiger partial charge is 0.237 e. The van der Waals surface area contributed by atoms with Crippen LogP contribution in [0.2, 0.25) is 0 Å². The molecule has 1 aromatic heterocycles. The van der Waals surface area contributed by atoms with Crippen LogP contribution in [0.3, 0.4) is 0 Å². The molecule has 0 amide bonds. The largest absolute Gasteiger partial charge is 0.473 e. The van der Waals surface area contributed by atoms with E-state index in [9.17, 15) is 0 Å². The third-order valence-corrected chi connectivity index (χ3v) is 3.66. The van der Waals surface area contributed by atoms with Gasteiger partial charge >= 0.3 is 0 Å². The van der Waals surface area contributed by atoms with Crippen molar-refractivity contribution >= 4 is 5.69 Å². The summed E-state index contributed by atoms with van der Waals surface area (Å²) in [5, 5.41) is 0. The highest BCUT2D eigenvalue weighted by molar-refractivity contribution is 5.48. The van der Waals surface area contributed by atoms with Crippen LogP contribution in [0.15, 0.2) is 12.1 Å². The number of hydrogen-bond donors (Lipinski definition) is 1. The zero-order chi connectivity index (χ0) is 12.3. The van der Waals surface area contributed by atoms with Crippen molar-refractivity contribution in [2.45, 2.75) is 52.1 Å². The first-order valence-corrected chi connectivity index (χ1v) is 6.60. The molecule has 0 radical (unpaired) electrons. The lowest BCUT2D eigenvalue weighted by molar-refractivity contribution is 0.0865. The third kappa shape index (κ3) is 2.90. The van der Waals surface area contributed by atoms with Crippen molar-refractivity contribution in [3.8, 4) is 5.88 Å². The Kier molecular flexibility index (Phi) is 3.87. The molecule has 94 valence electrons. The third-order valence-electron chi connectivity index (χ3n) is 3.66. The highest BCUT2D eigenvalue weighted by Gasteiger charge is 2.26. The van der Waals surface area contributed by atoms with Gasteiger partial charge in [0.1, 0.15) is 6.10 Å². The number of rotatable bonds is 3. The molecule has 2 N–H and O–H groups in total. The Morgan fingerprint density at radius 1 is 1.35 bits per heavy atom. The molecule has 3 heteroatoms. The van der Waals surface area contributed by atoms with Crippen LogP contribution < -0.4 is 10.5 Å². The van der Waals surface area contributed by atoms with Crippen LogP contribution in [0, 0.1) is 12.8 Å². The van der Waals surface area contributed by atoms with Gasteiger partial charge in [0.2, 0.25) is 5.88 Å². The Balaban J connectivity index is 2.10. The molecule has 3 nitrogen and oxygen atoms in total. The van der Waals surface area contributed by atoms with Gasteiger partial charge < -0.3 is 10.5 Å². The summed E-state index contributed by atoms with van der Waals surface area (Å²) in [6.45, 7) is 4.20. The van der Waals surface area contributed by atoms with Crippen molar-refractivity contribution in [3.63, 3.8) is 0 Å². The monoisotopic (exact) mass is 234 g/mol. The Morgan fingerprint density at radius 3 is 2.88 bits per heavy atom. The SMILES string of the molecule is CCC1CCCCC1Oc1nc(C)ccc1N. The number of aromatic nitrogens is 1. The van der Waals surface area contributed by atoms with E-state index in [-0.39, 0.29) is 0 Å². The fourth-order valence-electron chi connectivity index (χ4n) is 2.58. The lowest BCUT2D eigenvalue weighted by atomic mass is 9.85. The zero-order valence-corrected chi connectivity index (χ0v) is 10.8. The van der Waals surface area contributed by atoms with Gasteiger partial charge in [-0.15, -0.1) is 0 Å². The predicted octanol–water partition coefficient (Wildman–Crippen LogP) is 3.32. The number of pyridine rings is 1. The second kappa shape index (κ2) is 5.39. The van der Waals surface area contributed by atoms with E-state index < -0.39 is 0 Å². The number of nitrogen functional groups attached to an aromatic ring is 1. The molecule has 1 heterocycles. The Labute approximate surface area is 103 Å². The summed E-state index contributed by atoms with van der Waals surface area (Å²) in [5.74, 6) is 1.28. The second-order valence-corrected chi connectivity index (χ2v) is 4.96. The maximum absolute atomic E-state index is 6.03. The Bertz CT molecular complexity index is 378. The highest BCUT2D eigenvalue weighted by Crippen LogP contribution is 2.31. The van der Waals surface area contributed by atoms with Crippen molar-refractivity contribution in [2.75, 3.05) is 5.73 Å². The highest BCUT2D eigenvalue weighted by atomic mass is 16.5. The molecule has 2 atom stereocenters. The molecule has 1 saturated carbocycles. The number of nitrogens with zero attached hydrogens (tertiary/aromatic N) is 1. The topological polar surface area (TPSA) is 48.1 Å². The molecule has 1 aliphatic carbocycles. The summed E-state index contributed by atoms with van der Waals surface area (Å²) in [4.78, 5) is 4.39. The zero-order valence-electron chi connectivity index (χ0n) is 10.8. The second-order valence-electron chi connectivity index (χ2n) is 4.96. The number of aryl methyl sites for hydroxylation is 1. The summed E-state index contributed by atoms with van der Waals surface area (Å²) in [7, 11) is 0. The minimum atomic E-state index is 0.297. The van der Waals surface area contributed by atoms with Crippen molar-refractivity contribution in [1.82, 2.24) is 4.98 Å². The van der Waals surface area contributed by atoms with Gasteiger partial charge in [-0.05, 0) is 50.7 Å². The molecule has 1 fully saturated rings. The van der Waals surface area contributed by atoms with Gasteiger partial charge in [-0.25, -0.2) is 4.98 Å².